The number of carbonyl (C=O) groups excluding carboxylic acids is 2. The summed E-state index contributed by atoms with van der Waals surface area (Å²) in [6.45, 7) is 2.09. The van der Waals surface area contributed by atoms with Gasteiger partial charge < -0.3 is 15.2 Å². The van der Waals surface area contributed by atoms with Gasteiger partial charge in [-0.1, -0.05) is 24.5 Å². The SMILES string of the molecule is NC(=O)c1cn(C2CN(C(=O)C3CCn4c(cnc4C4CCCCC4)C3)C2)nn1. The Bertz CT molecular complexity index is 921. The normalized spacial score (nSPS) is 22.9. The van der Waals surface area contributed by atoms with E-state index in [1.807, 2.05) is 11.1 Å². The molecular formula is C20H27N7O2. The van der Waals surface area contributed by atoms with Crippen LogP contribution in [-0.2, 0) is 17.8 Å². The van der Waals surface area contributed by atoms with Crippen LogP contribution in [0.2, 0.25) is 0 Å². The number of likely N-dealkylation sites (tertiary alicyclic amines) is 1. The van der Waals surface area contributed by atoms with Crippen LogP contribution in [0.15, 0.2) is 12.4 Å². The van der Waals surface area contributed by atoms with Crippen molar-refractivity contribution in [3.63, 3.8) is 0 Å². The van der Waals surface area contributed by atoms with Crippen LogP contribution in [-0.4, -0.2) is 54.3 Å². The molecule has 9 nitrogen and oxygen atoms in total. The van der Waals surface area contributed by atoms with E-state index in [1.54, 1.807) is 10.9 Å². The molecule has 4 heterocycles. The van der Waals surface area contributed by atoms with Crippen LogP contribution in [0.1, 0.15) is 72.5 Å². The summed E-state index contributed by atoms with van der Waals surface area (Å²) in [7, 11) is 0. The predicted molar refractivity (Wildman–Crippen MR) is 104 cm³/mol. The van der Waals surface area contributed by atoms with Crippen LogP contribution in [0.5, 0.6) is 0 Å². The van der Waals surface area contributed by atoms with Gasteiger partial charge in [-0.2, -0.15) is 0 Å². The van der Waals surface area contributed by atoms with E-state index in [1.165, 1.54) is 43.6 Å². The molecule has 2 amide bonds. The summed E-state index contributed by atoms with van der Waals surface area (Å²) < 4.78 is 4.01. The lowest BCUT2D eigenvalue weighted by molar-refractivity contribution is -0.142. The lowest BCUT2D eigenvalue weighted by atomic mass is 9.88. The highest BCUT2D eigenvalue weighted by Gasteiger charge is 2.38. The zero-order chi connectivity index (χ0) is 20.0. The quantitative estimate of drug-likeness (QED) is 0.835. The zero-order valence-corrected chi connectivity index (χ0v) is 16.5. The number of hydrogen-bond donors (Lipinski definition) is 1. The van der Waals surface area contributed by atoms with Crippen molar-refractivity contribution in [2.24, 2.45) is 11.7 Å². The fourth-order valence-electron chi connectivity index (χ4n) is 5.01. The van der Waals surface area contributed by atoms with Gasteiger partial charge >= 0.3 is 0 Å². The number of amides is 2. The van der Waals surface area contributed by atoms with Crippen molar-refractivity contribution < 1.29 is 9.59 Å². The summed E-state index contributed by atoms with van der Waals surface area (Å²) in [6, 6.07) is 0.0616. The minimum absolute atomic E-state index is 0.0243. The van der Waals surface area contributed by atoms with E-state index in [-0.39, 0.29) is 23.6 Å². The van der Waals surface area contributed by atoms with E-state index in [0.717, 1.165) is 19.4 Å². The fourth-order valence-corrected chi connectivity index (χ4v) is 5.01. The maximum Gasteiger partial charge on any atom is 0.270 e. The molecular weight excluding hydrogens is 370 g/mol. The number of fused-ring (bicyclic) bond motifs is 1. The first-order valence-electron chi connectivity index (χ1n) is 10.6. The van der Waals surface area contributed by atoms with Gasteiger partial charge in [0.15, 0.2) is 5.69 Å². The molecule has 1 saturated carbocycles. The highest BCUT2D eigenvalue weighted by molar-refractivity contribution is 5.90. The molecule has 29 heavy (non-hydrogen) atoms. The maximum atomic E-state index is 13.0. The molecule has 1 aliphatic carbocycles. The van der Waals surface area contributed by atoms with E-state index in [4.69, 9.17) is 10.7 Å². The minimum atomic E-state index is -0.588. The Labute approximate surface area is 169 Å². The number of imidazole rings is 1. The first-order valence-corrected chi connectivity index (χ1v) is 10.6. The highest BCUT2D eigenvalue weighted by atomic mass is 16.2. The summed E-state index contributed by atoms with van der Waals surface area (Å²) in [6.07, 6.45) is 11.6. The number of rotatable bonds is 4. The molecule has 2 aromatic rings. The van der Waals surface area contributed by atoms with Crippen LogP contribution in [0.25, 0.3) is 0 Å². The Hall–Kier alpha value is -2.71. The first kappa shape index (κ1) is 18.3. The first-order chi connectivity index (χ1) is 14.1. The third-order valence-electron chi connectivity index (χ3n) is 6.76. The van der Waals surface area contributed by atoms with Gasteiger partial charge in [0.25, 0.3) is 5.91 Å². The number of hydrogen-bond acceptors (Lipinski definition) is 5. The summed E-state index contributed by atoms with van der Waals surface area (Å²) in [5.41, 5.74) is 6.58. The average molecular weight is 397 g/mol. The van der Waals surface area contributed by atoms with E-state index < -0.39 is 5.91 Å². The molecule has 2 N–H and O–H groups in total. The molecule has 3 aliphatic rings. The zero-order valence-electron chi connectivity index (χ0n) is 16.5. The molecule has 0 aromatic carbocycles. The lowest BCUT2D eigenvalue weighted by Crippen LogP contribution is -2.53. The van der Waals surface area contributed by atoms with Crippen LogP contribution < -0.4 is 5.73 Å². The van der Waals surface area contributed by atoms with Crippen molar-refractivity contribution >= 4 is 11.8 Å². The van der Waals surface area contributed by atoms with Crippen LogP contribution in [0.3, 0.4) is 0 Å². The average Bonchev–Trinajstić information content (AvgIpc) is 3.34. The molecule has 5 rings (SSSR count). The number of nitrogens with zero attached hydrogens (tertiary/aromatic N) is 6. The van der Waals surface area contributed by atoms with Crippen molar-refractivity contribution in [3.8, 4) is 0 Å². The number of aromatic nitrogens is 5. The molecule has 0 spiro atoms. The molecule has 1 atom stereocenters. The minimum Gasteiger partial charge on any atom is -0.364 e. The second-order valence-electron chi connectivity index (χ2n) is 8.63. The van der Waals surface area contributed by atoms with Gasteiger partial charge in [0.1, 0.15) is 5.82 Å². The van der Waals surface area contributed by atoms with E-state index >= 15 is 0 Å². The van der Waals surface area contributed by atoms with Crippen molar-refractivity contribution in [1.82, 2.24) is 29.4 Å². The van der Waals surface area contributed by atoms with Gasteiger partial charge in [0.05, 0.1) is 12.2 Å². The molecule has 1 unspecified atom stereocenters. The van der Waals surface area contributed by atoms with Crippen LogP contribution in [0.4, 0.5) is 0 Å². The van der Waals surface area contributed by atoms with Gasteiger partial charge in [-0.05, 0) is 19.3 Å². The number of primary amides is 1. The van der Waals surface area contributed by atoms with Crippen LogP contribution in [0, 0.1) is 5.92 Å². The molecule has 9 heteroatoms. The summed E-state index contributed by atoms with van der Waals surface area (Å²) in [5, 5.41) is 7.73. The Kier molecular flexibility index (Phi) is 4.60. The molecule has 0 radical (unpaired) electrons. The standard InChI is InChI=1S/C20H27N7O2/c21-18(28)17-12-27(24-23-17)16-10-25(11-16)20(29)14-6-7-26-15(8-14)9-22-19(26)13-4-2-1-3-5-13/h9,12-14,16H,1-8,10-11H2,(H2,21,28). The third kappa shape index (κ3) is 3.32. The number of carbonyl (C=O) groups is 2. The van der Waals surface area contributed by atoms with Crippen molar-refractivity contribution in [1.29, 1.82) is 0 Å². The second kappa shape index (κ2) is 7.27. The van der Waals surface area contributed by atoms with Gasteiger partial charge in [-0.15, -0.1) is 5.10 Å². The monoisotopic (exact) mass is 397 g/mol. The maximum absolute atomic E-state index is 13.0. The molecule has 0 bridgehead atoms. The molecule has 1 saturated heterocycles. The smallest absolute Gasteiger partial charge is 0.270 e. The Morgan fingerprint density at radius 2 is 1.90 bits per heavy atom. The molecule has 2 aliphatic heterocycles. The van der Waals surface area contributed by atoms with E-state index in [0.29, 0.717) is 19.0 Å². The Morgan fingerprint density at radius 3 is 2.62 bits per heavy atom. The van der Waals surface area contributed by atoms with Gasteiger partial charge in [-0.3, -0.25) is 9.59 Å². The third-order valence-corrected chi connectivity index (χ3v) is 6.76. The second-order valence-corrected chi connectivity index (χ2v) is 8.63. The Morgan fingerprint density at radius 1 is 1.10 bits per heavy atom. The highest BCUT2D eigenvalue weighted by Crippen LogP contribution is 2.35. The van der Waals surface area contributed by atoms with E-state index in [2.05, 4.69) is 14.9 Å². The number of nitrogens with two attached hydrogens (primary N) is 1. The van der Waals surface area contributed by atoms with E-state index in [9.17, 15) is 9.59 Å². The predicted octanol–water partition coefficient (Wildman–Crippen LogP) is 1.27. The lowest BCUT2D eigenvalue weighted by Gasteiger charge is -2.41. The largest absolute Gasteiger partial charge is 0.364 e. The Balaban J connectivity index is 1.19. The topological polar surface area (TPSA) is 112 Å². The summed E-state index contributed by atoms with van der Waals surface area (Å²) >= 11 is 0. The van der Waals surface area contributed by atoms with Gasteiger partial charge in [0, 0.05) is 49.8 Å². The summed E-state index contributed by atoms with van der Waals surface area (Å²) in [5.74, 6) is 1.48. The van der Waals surface area contributed by atoms with Gasteiger partial charge in [-0.25, -0.2) is 9.67 Å². The summed E-state index contributed by atoms with van der Waals surface area (Å²) in [4.78, 5) is 30.8. The van der Waals surface area contributed by atoms with Crippen molar-refractivity contribution in [3.05, 3.63) is 29.6 Å². The molecule has 2 aromatic heterocycles. The molecule has 2 fully saturated rings. The van der Waals surface area contributed by atoms with Crippen molar-refractivity contribution in [2.75, 3.05) is 13.1 Å². The fraction of sp³-hybridized carbons (Fsp3) is 0.650. The van der Waals surface area contributed by atoms with Gasteiger partial charge in [0.2, 0.25) is 5.91 Å². The molecule has 154 valence electrons. The van der Waals surface area contributed by atoms with Crippen LogP contribution >= 0.6 is 0 Å². The van der Waals surface area contributed by atoms with Crippen molar-refractivity contribution in [2.45, 2.75) is 63.5 Å².